The van der Waals surface area contributed by atoms with Gasteiger partial charge in [0, 0.05) is 5.57 Å². The number of ketones is 1. The summed E-state index contributed by atoms with van der Waals surface area (Å²) in [6.45, 7) is 7.04. The normalized spacial score (nSPS) is 9.06. The summed E-state index contributed by atoms with van der Waals surface area (Å²) in [5.41, 5.74) is 0.831. The van der Waals surface area contributed by atoms with Gasteiger partial charge in [0.25, 0.3) is 11.8 Å². The van der Waals surface area contributed by atoms with Gasteiger partial charge in [-0.1, -0.05) is 12.2 Å². The molecule has 0 aliphatic carbocycles. The van der Waals surface area contributed by atoms with Crippen molar-refractivity contribution in [2.24, 2.45) is 0 Å². The predicted molar refractivity (Wildman–Crippen MR) is 63.8 cm³/mol. The van der Waals surface area contributed by atoms with Crippen LogP contribution in [0.2, 0.25) is 0 Å². The molecule has 0 amide bonds. The van der Waals surface area contributed by atoms with Crippen LogP contribution in [0.1, 0.15) is 20.3 Å². The Labute approximate surface area is 101 Å². The molecular formula is C11H15BO5. The zero-order valence-corrected chi connectivity index (χ0v) is 10.2. The first-order chi connectivity index (χ1) is 7.88. The number of allylic oxidation sites excluding steroid dienone is 1. The van der Waals surface area contributed by atoms with E-state index in [1.54, 1.807) is 6.08 Å². The molecule has 0 aliphatic heterocycles. The zero-order chi connectivity index (χ0) is 13.4. The molecule has 0 rings (SSSR count). The molecule has 5 nitrogen and oxygen atoms in total. The average molecular weight is 238 g/mol. The number of Topliss-reactive ketones (excluding diaryl/α,β-unsaturated/α-hetero) is 1. The first-order valence-corrected chi connectivity index (χ1v) is 4.98. The van der Waals surface area contributed by atoms with E-state index in [-0.39, 0.29) is 18.6 Å². The van der Waals surface area contributed by atoms with Crippen molar-refractivity contribution in [1.82, 2.24) is 0 Å². The Morgan fingerprint density at radius 2 is 1.88 bits per heavy atom. The van der Waals surface area contributed by atoms with E-state index in [9.17, 15) is 14.4 Å². The molecule has 92 valence electrons. The van der Waals surface area contributed by atoms with Gasteiger partial charge in [-0.2, -0.15) is 0 Å². The Bertz CT molecular complexity index is 366. The average Bonchev–Trinajstić information content (AvgIpc) is 2.26. The summed E-state index contributed by atoms with van der Waals surface area (Å²) in [4.78, 5) is 33.4. The van der Waals surface area contributed by atoms with E-state index < -0.39 is 17.7 Å². The van der Waals surface area contributed by atoms with Crippen molar-refractivity contribution in [2.75, 3.05) is 6.61 Å². The summed E-state index contributed by atoms with van der Waals surface area (Å²) >= 11 is 0. The maximum atomic E-state index is 11.4. The topological polar surface area (TPSA) is 69.7 Å². The van der Waals surface area contributed by atoms with Crippen molar-refractivity contribution in [2.45, 2.75) is 20.3 Å². The predicted octanol–water partition coefficient (Wildman–Crippen LogP) is 0.103. The summed E-state index contributed by atoms with van der Waals surface area (Å²) in [6.07, 6.45) is 1.35. The molecule has 0 heterocycles. The molecule has 0 N–H and O–H groups in total. The fourth-order valence-corrected chi connectivity index (χ4v) is 0.821. The molecule has 0 aromatic rings. The molecule has 0 spiro atoms. The van der Waals surface area contributed by atoms with E-state index in [1.807, 2.05) is 13.8 Å². The fraction of sp³-hybridized carbons (Fsp3) is 0.364. The molecule has 0 radical (unpaired) electrons. The minimum atomic E-state index is -1.02. The lowest BCUT2D eigenvalue weighted by molar-refractivity contribution is -0.151. The van der Waals surface area contributed by atoms with E-state index in [0.29, 0.717) is 0 Å². The van der Waals surface area contributed by atoms with Crippen LogP contribution < -0.4 is 0 Å². The smallest absolute Gasteiger partial charge is 0.379 e. The Hall–Kier alpha value is -1.85. The second kappa shape index (κ2) is 7.43. The van der Waals surface area contributed by atoms with E-state index in [2.05, 4.69) is 16.0 Å². The van der Waals surface area contributed by atoms with Gasteiger partial charge < -0.3 is 9.39 Å². The highest BCUT2D eigenvalue weighted by Gasteiger charge is 2.20. The third-order valence-electron chi connectivity index (χ3n) is 1.80. The monoisotopic (exact) mass is 238 g/mol. The Balaban J connectivity index is 4.22. The summed E-state index contributed by atoms with van der Waals surface area (Å²) in [6, 6.07) is 0. The molecule has 0 atom stereocenters. The van der Waals surface area contributed by atoms with Crippen LogP contribution in [0.15, 0.2) is 23.8 Å². The molecule has 0 fully saturated rings. The summed E-state index contributed by atoms with van der Waals surface area (Å²) in [7, 11) is 1.19. The van der Waals surface area contributed by atoms with Crippen LogP contribution in [0, 0.1) is 0 Å². The quantitative estimate of drug-likeness (QED) is 0.216. The van der Waals surface area contributed by atoms with Gasteiger partial charge in [0.1, 0.15) is 6.61 Å². The molecule has 17 heavy (non-hydrogen) atoms. The second-order valence-electron chi connectivity index (χ2n) is 3.57. The third kappa shape index (κ3) is 6.34. The largest absolute Gasteiger partial charge is 0.543 e. The van der Waals surface area contributed by atoms with Crippen molar-refractivity contribution in [1.29, 1.82) is 0 Å². The van der Waals surface area contributed by atoms with Crippen molar-refractivity contribution in [3.63, 3.8) is 0 Å². The Morgan fingerprint density at radius 3 is 2.35 bits per heavy atom. The van der Waals surface area contributed by atoms with Gasteiger partial charge in [0.05, 0.1) is 6.42 Å². The lowest BCUT2D eigenvalue weighted by Crippen LogP contribution is -2.21. The first kappa shape index (κ1) is 15.2. The molecule has 0 aliphatic rings. The van der Waals surface area contributed by atoms with Crippen LogP contribution in [0.4, 0.5) is 0 Å². The van der Waals surface area contributed by atoms with Gasteiger partial charge in [-0.3, -0.25) is 9.59 Å². The molecule has 0 aromatic carbocycles. The number of hydrogen-bond acceptors (Lipinski definition) is 5. The van der Waals surface area contributed by atoms with Gasteiger partial charge >= 0.3 is 14.0 Å². The van der Waals surface area contributed by atoms with Gasteiger partial charge in [-0.15, -0.1) is 0 Å². The third-order valence-corrected chi connectivity index (χ3v) is 1.80. The minimum Gasteiger partial charge on any atom is -0.543 e. The molecular weight excluding hydrogens is 223 g/mol. The molecule has 0 saturated heterocycles. The van der Waals surface area contributed by atoms with Crippen LogP contribution in [-0.2, 0) is 23.8 Å². The van der Waals surface area contributed by atoms with Crippen molar-refractivity contribution in [3.8, 4) is 0 Å². The molecule has 0 bridgehead atoms. The molecule has 6 heteroatoms. The standard InChI is InChI=1S/C11H15BO5/c1-7(2)4-5-16-11(15)10(14)8(3)6-9(13)17-12/h4H,3,5-6,12H2,1-2H3. The SMILES string of the molecule is BOC(=O)CC(=C)C(=O)C(=O)OCC=C(C)C. The van der Waals surface area contributed by atoms with Crippen LogP contribution in [-0.4, -0.2) is 32.4 Å². The van der Waals surface area contributed by atoms with Crippen LogP contribution in [0.3, 0.4) is 0 Å². The molecule has 0 aromatic heterocycles. The fourth-order valence-electron chi connectivity index (χ4n) is 0.821. The lowest BCUT2D eigenvalue weighted by Gasteiger charge is -2.03. The van der Waals surface area contributed by atoms with E-state index >= 15 is 0 Å². The minimum absolute atomic E-state index is 0.0262. The van der Waals surface area contributed by atoms with E-state index in [0.717, 1.165) is 5.57 Å². The number of carbonyl (C=O) groups is 3. The van der Waals surface area contributed by atoms with E-state index in [1.165, 1.54) is 8.05 Å². The van der Waals surface area contributed by atoms with Gasteiger partial charge in [0.2, 0.25) is 0 Å². The van der Waals surface area contributed by atoms with Crippen LogP contribution >= 0.6 is 0 Å². The van der Waals surface area contributed by atoms with Gasteiger partial charge in [0.15, 0.2) is 0 Å². The van der Waals surface area contributed by atoms with Gasteiger partial charge in [-0.25, -0.2) is 4.79 Å². The highest BCUT2D eigenvalue weighted by Crippen LogP contribution is 2.03. The maximum Gasteiger partial charge on any atom is 0.379 e. The van der Waals surface area contributed by atoms with Gasteiger partial charge in [-0.05, 0) is 19.9 Å². The van der Waals surface area contributed by atoms with Crippen molar-refractivity contribution < 1.29 is 23.8 Å². The summed E-state index contributed by atoms with van der Waals surface area (Å²) < 4.78 is 9.02. The highest BCUT2D eigenvalue weighted by molar-refractivity contribution is 6.40. The second-order valence-corrected chi connectivity index (χ2v) is 3.57. The maximum absolute atomic E-state index is 11.4. The Kier molecular flexibility index (Phi) is 6.63. The van der Waals surface area contributed by atoms with Crippen molar-refractivity contribution >= 4 is 25.8 Å². The number of hydrogen-bond donors (Lipinski definition) is 0. The molecule has 0 unspecified atom stereocenters. The number of rotatable bonds is 6. The Morgan fingerprint density at radius 1 is 1.29 bits per heavy atom. The summed E-state index contributed by atoms with van der Waals surface area (Å²) in [5.74, 6) is -2.55. The zero-order valence-electron chi connectivity index (χ0n) is 10.2. The van der Waals surface area contributed by atoms with Crippen LogP contribution in [0.5, 0.6) is 0 Å². The number of carbonyl (C=O) groups excluding carboxylic acids is 3. The number of esters is 1. The summed E-state index contributed by atoms with van der Waals surface area (Å²) in [5, 5.41) is 0. The highest BCUT2D eigenvalue weighted by atomic mass is 16.5. The first-order valence-electron chi connectivity index (χ1n) is 4.98. The number of ether oxygens (including phenoxy) is 1. The van der Waals surface area contributed by atoms with Crippen LogP contribution in [0.25, 0.3) is 0 Å². The van der Waals surface area contributed by atoms with Crippen molar-refractivity contribution in [3.05, 3.63) is 23.8 Å². The molecule has 0 saturated carbocycles. The van der Waals surface area contributed by atoms with E-state index in [4.69, 9.17) is 0 Å². The lowest BCUT2D eigenvalue weighted by atomic mass is 10.1.